The van der Waals surface area contributed by atoms with E-state index in [2.05, 4.69) is 15.9 Å². The summed E-state index contributed by atoms with van der Waals surface area (Å²) in [6, 6.07) is 0. The molecular weight excluding hydrogens is 312 g/mol. The molecule has 0 rings (SSSR count). The molecule has 0 saturated heterocycles. The van der Waals surface area contributed by atoms with Gasteiger partial charge in [-0.1, -0.05) is 22.9 Å². The van der Waals surface area contributed by atoms with E-state index in [1.165, 1.54) is 0 Å². The molecule has 0 aromatic heterocycles. The SMILES string of the molecule is CO[Si](CBr)(OC)C(C)[Si](OC)(OC)OC. The lowest BCUT2D eigenvalue weighted by atomic mass is 10.9. The van der Waals surface area contributed by atoms with Gasteiger partial charge in [-0.05, 0) is 0 Å². The van der Waals surface area contributed by atoms with E-state index in [0.29, 0.717) is 4.95 Å². The van der Waals surface area contributed by atoms with Crippen molar-refractivity contribution in [2.75, 3.05) is 40.5 Å². The van der Waals surface area contributed by atoms with Gasteiger partial charge in [0, 0.05) is 40.5 Å². The van der Waals surface area contributed by atoms with Crippen LogP contribution < -0.4 is 0 Å². The van der Waals surface area contributed by atoms with Gasteiger partial charge < -0.3 is 22.1 Å². The molecule has 0 spiro atoms. The summed E-state index contributed by atoms with van der Waals surface area (Å²) in [6.45, 7) is 1.99. The monoisotopic (exact) mass is 332 g/mol. The van der Waals surface area contributed by atoms with E-state index in [0.717, 1.165) is 0 Å². The third-order valence-corrected chi connectivity index (χ3v) is 13.5. The highest BCUT2D eigenvalue weighted by atomic mass is 79.9. The minimum atomic E-state index is -2.74. The van der Waals surface area contributed by atoms with Crippen LogP contribution in [0.2, 0.25) is 5.16 Å². The second kappa shape index (κ2) is 7.22. The van der Waals surface area contributed by atoms with E-state index in [-0.39, 0.29) is 5.16 Å². The number of alkyl halides is 1. The maximum absolute atomic E-state index is 5.57. The van der Waals surface area contributed by atoms with E-state index in [1.807, 2.05) is 6.92 Å². The van der Waals surface area contributed by atoms with Crippen LogP contribution in [0.25, 0.3) is 0 Å². The molecule has 0 aliphatic heterocycles. The minimum Gasteiger partial charge on any atom is -0.397 e. The van der Waals surface area contributed by atoms with Crippen LogP contribution in [0, 0.1) is 0 Å². The fourth-order valence-corrected chi connectivity index (χ4v) is 12.6. The third-order valence-electron chi connectivity index (χ3n) is 2.92. The zero-order chi connectivity index (χ0) is 12.8. The molecular formula is C8H21BrO5Si2. The largest absolute Gasteiger partial charge is 0.505 e. The van der Waals surface area contributed by atoms with Crippen molar-refractivity contribution < 1.29 is 22.1 Å². The molecule has 1 unspecified atom stereocenters. The Morgan fingerprint density at radius 3 is 1.44 bits per heavy atom. The molecule has 0 aromatic carbocycles. The molecule has 8 heteroatoms. The summed E-state index contributed by atoms with van der Waals surface area (Å²) in [5, 5.41) is -0.0330. The summed E-state index contributed by atoms with van der Waals surface area (Å²) >= 11 is 3.44. The van der Waals surface area contributed by atoms with E-state index in [4.69, 9.17) is 22.1 Å². The van der Waals surface area contributed by atoms with Crippen LogP contribution >= 0.6 is 15.9 Å². The molecule has 0 aliphatic carbocycles. The first-order valence-electron chi connectivity index (χ1n) is 4.84. The van der Waals surface area contributed by atoms with Gasteiger partial charge in [0.1, 0.15) is 0 Å². The van der Waals surface area contributed by atoms with Crippen LogP contribution in [-0.2, 0) is 22.1 Å². The number of hydrogen-bond acceptors (Lipinski definition) is 5. The van der Waals surface area contributed by atoms with Gasteiger partial charge in [0.15, 0.2) is 0 Å². The number of halogens is 1. The molecule has 0 aromatic rings. The molecule has 98 valence electrons. The fraction of sp³-hybridized carbons (Fsp3) is 1.00. The quantitative estimate of drug-likeness (QED) is 0.497. The van der Waals surface area contributed by atoms with Gasteiger partial charge in [0.2, 0.25) is 0 Å². The zero-order valence-corrected chi connectivity index (χ0v) is 14.3. The standard InChI is InChI=1S/C8H21BrO5Si2/c1-8(15(7-9,10-2)11-3)16(12-4,13-5)14-6/h8H,7H2,1-6H3. The van der Waals surface area contributed by atoms with Crippen molar-refractivity contribution in [1.82, 2.24) is 0 Å². The molecule has 5 nitrogen and oxygen atoms in total. The van der Waals surface area contributed by atoms with Crippen molar-refractivity contribution in [3.63, 3.8) is 0 Å². The Morgan fingerprint density at radius 2 is 1.25 bits per heavy atom. The van der Waals surface area contributed by atoms with Gasteiger partial charge in [0.05, 0.1) is 5.16 Å². The Morgan fingerprint density at radius 1 is 0.875 bits per heavy atom. The Hall–Kier alpha value is 0.714. The average molecular weight is 333 g/mol. The summed E-state index contributed by atoms with van der Waals surface area (Å²) in [5.41, 5.74) is 0. The van der Waals surface area contributed by atoms with Crippen molar-refractivity contribution in [2.45, 2.75) is 12.1 Å². The molecule has 0 aliphatic rings. The first-order chi connectivity index (χ1) is 7.52. The number of rotatable bonds is 8. The first kappa shape index (κ1) is 16.7. The molecule has 16 heavy (non-hydrogen) atoms. The van der Waals surface area contributed by atoms with Crippen molar-refractivity contribution in [1.29, 1.82) is 0 Å². The summed E-state index contributed by atoms with van der Waals surface area (Å²) in [5.74, 6) is 0. The highest BCUT2D eigenvalue weighted by Crippen LogP contribution is 2.34. The van der Waals surface area contributed by atoms with Crippen LogP contribution in [0.3, 0.4) is 0 Å². The van der Waals surface area contributed by atoms with Crippen molar-refractivity contribution in [2.24, 2.45) is 0 Å². The molecule has 0 radical (unpaired) electrons. The van der Waals surface area contributed by atoms with Gasteiger partial charge in [-0.3, -0.25) is 0 Å². The number of hydrogen-bond donors (Lipinski definition) is 0. The Labute approximate surface area is 108 Å². The topological polar surface area (TPSA) is 46.2 Å². The normalized spacial score (nSPS) is 15.2. The molecule has 0 saturated carbocycles. The third kappa shape index (κ3) is 2.93. The van der Waals surface area contributed by atoms with Crippen molar-refractivity contribution in [3.05, 3.63) is 0 Å². The second-order valence-corrected chi connectivity index (χ2v) is 12.4. The van der Waals surface area contributed by atoms with Crippen LogP contribution in [-0.4, -0.2) is 57.9 Å². The van der Waals surface area contributed by atoms with E-state index < -0.39 is 17.4 Å². The Kier molecular flexibility index (Phi) is 7.54. The van der Waals surface area contributed by atoms with Gasteiger partial charge in [0.25, 0.3) is 0 Å². The molecule has 0 bridgehead atoms. The fourth-order valence-electron chi connectivity index (χ4n) is 1.71. The van der Waals surface area contributed by atoms with Crippen LogP contribution in [0.5, 0.6) is 0 Å². The molecule has 1 atom stereocenters. The lowest BCUT2D eigenvalue weighted by Crippen LogP contribution is -2.61. The predicted molar refractivity (Wildman–Crippen MR) is 69.8 cm³/mol. The summed E-state index contributed by atoms with van der Waals surface area (Å²) < 4.78 is 27.5. The van der Waals surface area contributed by atoms with Crippen molar-refractivity contribution >= 4 is 33.3 Å². The summed E-state index contributed by atoms with van der Waals surface area (Å²) in [6.07, 6.45) is 0. The van der Waals surface area contributed by atoms with Gasteiger partial charge in [-0.25, -0.2) is 0 Å². The minimum absolute atomic E-state index is 0.0330. The first-order valence-corrected chi connectivity index (χ1v) is 9.86. The van der Waals surface area contributed by atoms with Gasteiger partial charge >= 0.3 is 17.4 Å². The zero-order valence-electron chi connectivity index (χ0n) is 10.7. The van der Waals surface area contributed by atoms with Crippen molar-refractivity contribution in [3.8, 4) is 0 Å². The van der Waals surface area contributed by atoms with E-state index in [1.54, 1.807) is 35.5 Å². The molecule has 0 heterocycles. The molecule has 0 fully saturated rings. The Balaban J connectivity index is 5.16. The summed E-state index contributed by atoms with van der Waals surface area (Å²) in [4.78, 5) is 0.638. The van der Waals surface area contributed by atoms with Gasteiger partial charge in [-0.2, -0.15) is 0 Å². The molecule has 0 N–H and O–H groups in total. The van der Waals surface area contributed by atoms with Crippen LogP contribution in [0.4, 0.5) is 0 Å². The highest BCUT2D eigenvalue weighted by molar-refractivity contribution is 9.09. The predicted octanol–water partition coefficient (Wildman–Crippen LogP) is 1.46. The Bertz CT molecular complexity index is 162. The summed E-state index contributed by atoms with van der Waals surface area (Å²) in [7, 11) is 2.91. The maximum atomic E-state index is 5.57. The van der Waals surface area contributed by atoms with E-state index >= 15 is 0 Å². The lowest BCUT2D eigenvalue weighted by molar-refractivity contribution is 0.112. The van der Waals surface area contributed by atoms with Crippen LogP contribution in [0.15, 0.2) is 0 Å². The lowest BCUT2D eigenvalue weighted by Gasteiger charge is -2.38. The molecule has 0 amide bonds. The van der Waals surface area contributed by atoms with Gasteiger partial charge in [-0.15, -0.1) is 0 Å². The highest BCUT2D eigenvalue weighted by Gasteiger charge is 2.58. The average Bonchev–Trinajstić information content (AvgIpc) is 2.35. The smallest absolute Gasteiger partial charge is 0.397 e. The second-order valence-electron chi connectivity index (χ2n) is 3.29. The maximum Gasteiger partial charge on any atom is 0.505 e. The van der Waals surface area contributed by atoms with E-state index in [9.17, 15) is 0 Å². The van der Waals surface area contributed by atoms with Crippen LogP contribution in [0.1, 0.15) is 6.92 Å².